The zero-order valence-electron chi connectivity index (χ0n) is 19.8. The van der Waals surface area contributed by atoms with Crippen LogP contribution < -0.4 is 15.4 Å². The molecule has 5 nitrogen and oxygen atoms in total. The number of urea groups is 1. The van der Waals surface area contributed by atoms with Crippen LogP contribution in [-0.4, -0.2) is 19.0 Å². The van der Waals surface area contributed by atoms with Crippen LogP contribution in [0, 0.1) is 0 Å². The highest BCUT2D eigenvalue weighted by atomic mass is 16.5. The first-order chi connectivity index (χ1) is 15.2. The lowest BCUT2D eigenvalue weighted by Gasteiger charge is -2.10. The minimum atomic E-state index is -0.518. The number of nitrogens with one attached hydrogen (secondary N) is 2. The Morgan fingerprint density at radius 1 is 0.742 bits per heavy atom. The SMILES string of the molecule is CCCCCCCCCCCCCCCCCC(=O)NC(=O)Nc1ccccc1OC. The first-order valence-electron chi connectivity index (χ1n) is 12.4. The van der Waals surface area contributed by atoms with Crippen LogP contribution in [0.1, 0.15) is 110 Å². The van der Waals surface area contributed by atoms with E-state index in [4.69, 9.17) is 4.74 Å². The number of benzene rings is 1. The van der Waals surface area contributed by atoms with Crippen LogP contribution in [0.3, 0.4) is 0 Å². The number of imide groups is 1. The van der Waals surface area contributed by atoms with Gasteiger partial charge < -0.3 is 10.1 Å². The Morgan fingerprint density at radius 2 is 1.23 bits per heavy atom. The van der Waals surface area contributed by atoms with Crippen molar-refractivity contribution in [2.24, 2.45) is 0 Å². The summed E-state index contributed by atoms with van der Waals surface area (Å²) in [7, 11) is 1.54. The fourth-order valence-electron chi connectivity index (χ4n) is 3.75. The quantitative estimate of drug-likeness (QED) is 0.235. The van der Waals surface area contributed by atoms with Crippen molar-refractivity contribution < 1.29 is 14.3 Å². The van der Waals surface area contributed by atoms with Crippen molar-refractivity contribution in [3.05, 3.63) is 24.3 Å². The Kier molecular flexibility index (Phi) is 16.3. The van der Waals surface area contributed by atoms with Crippen molar-refractivity contribution in [1.29, 1.82) is 0 Å². The Labute approximate surface area is 189 Å². The maximum Gasteiger partial charge on any atom is 0.325 e. The summed E-state index contributed by atoms with van der Waals surface area (Å²) in [6.07, 6.45) is 19.8. The molecule has 0 aromatic heterocycles. The van der Waals surface area contributed by atoms with Gasteiger partial charge in [0.25, 0.3) is 0 Å². The largest absolute Gasteiger partial charge is 0.495 e. The smallest absolute Gasteiger partial charge is 0.325 e. The van der Waals surface area contributed by atoms with E-state index in [1.165, 1.54) is 77.0 Å². The maximum absolute atomic E-state index is 12.0. The van der Waals surface area contributed by atoms with Crippen LogP contribution in [-0.2, 0) is 4.79 Å². The summed E-state index contributed by atoms with van der Waals surface area (Å²) >= 11 is 0. The van der Waals surface area contributed by atoms with E-state index in [2.05, 4.69) is 17.6 Å². The highest BCUT2D eigenvalue weighted by Crippen LogP contribution is 2.22. The van der Waals surface area contributed by atoms with E-state index in [1.54, 1.807) is 25.3 Å². The number of hydrogen-bond donors (Lipinski definition) is 2. The van der Waals surface area contributed by atoms with Gasteiger partial charge in [-0.05, 0) is 18.6 Å². The predicted octanol–water partition coefficient (Wildman–Crippen LogP) is 7.60. The summed E-state index contributed by atoms with van der Waals surface area (Å²) < 4.78 is 5.18. The summed E-state index contributed by atoms with van der Waals surface area (Å²) in [5.41, 5.74) is 0.544. The van der Waals surface area contributed by atoms with Gasteiger partial charge in [0.15, 0.2) is 0 Å². The lowest BCUT2D eigenvalue weighted by Crippen LogP contribution is -2.34. The van der Waals surface area contributed by atoms with Crippen LogP contribution in [0.15, 0.2) is 24.3 Å². The van der Waals surface area contributed by atoms with Crippen LogP contribution in [0.2, 0.25) is 0 Å². The van der Waals surface area contributed by atoms with Gasteiger partial charge in [-0.3, -0.25) is 10.1 Å². The molecule has 1 rings (SSSR count). The number of unbranched alkanes of at least 4 members (excludes halogenated alkanes) is 14. The number of methoxy groups -OCH3 is 1. The van der Waals surface area contributed by atoms with Gasteiger partial charge in [0.05, 0.1) is 12.8 Å². The molecule has 0 unspecified atom stereocenters. The number of amides is 3. The lowest BCUT2D eigenvalue weighted by atomic mass is 10.0. The molecule has 2 N–H and O–H groups in total. The van der Waals surface area contributed by atoms with E-state index in [0.29, 0.717) is 17.9 Å². The van der Waals surface area contributed by atoms with Crippen LogP contribution in [0.4, 0.5) is 10.5 Å². The molecule has 0 aliphatic rings. The number of para-hydroxylation sites is 2. The number of rotatable bonds is 18. The Hall–Kier alpha value is -2.04. The van der Waals surface area contributed by atoms with Gasteiger partial charge in [0.1, 0.15) is 5.75 Å². The van der Waals surface area contributed by atoms with E-state index in [1.807, 2.05) is 6.07 Å². The molecule has 0 saturated heterocycles. The highest BCUT2D eigenvalue weighted by molar-refractivity contribution is 6.01. The van der Waals surface area contributed by atoms with Crippen LogP contribution >= 0.6 is 0 Å². The molecule has 0 bridgehead atoms. The number of carbonyl (C=O) groups excluding carboxylic acids is 2. The van der Waals surface area contributed by atoms with Gasteiger partial charge in [-0.2, -0.15) is 0 Å². The third-order valence-corrected chi connectivity index (χ3v) is 5.62. The molecule has 31 heavy (non-hydrogen) atoms. The zero-order chi connectivity index (χ0) is 22.6. The Bertz CT molecular complexity index is 604. The summed E-state index contributed by atoms with van der Waals surface area (Å²) in [5, 5.41) is 5.04. The third-order valence-electron chi connectivity index (χ3n) is 5.62. The van der Waals surface area contributed by atoms with Crippen LogP contribution in [0.25, 0.3) is 0 Å². The molecular weight excluding hydrogens is 388 g/mol. The minimum Gasteiger partial charge on any atom is -0.495 e. The van der Waals surface area contributed by atoms with Gasteiger partial charge >= 0.3 is 6.03 Å². The predicted molar refractivity (Wildman–Crippen MR) is 130 cm³/mol. The van der Waals surface area contributed by atoms with Gasteiger partial charge in [0, 0.05) is 6.42 Å². The van der Waals surface area contributed by atoms with Gasteiger partial charge in [-0.15, -0.1) is 0 Å². The van der Waals surface area contributed by atoms with E-state index in [-0.39, 0.29) is 5.91 Å². The normalized spacial score (nSPS) is 10.6. The molecular formula is C26H44N2O3. The Morgan fingerprint density at radius 3 is 1.74 bits per heavy atom. The standard InChI is InChI=1S/C26H44N2O3/c1-3-4-5-6-7-8-9-10-11-12-13-14-15-16-17-22-25(29)28-26(30)27-23-20-18-19-21-24(23)31-2/h18-21H,3-17,22H2,1-2H3,(H2,27,28,29,30). The molecule has 5 heteroatoms. The summed E-state index contributed by atoms with van der Waals surface area (Å²) in [5.74, 6) is 0.328. The fraction of sp³-hybridized carbons (Fsp3) is 0.692. The van der Waals surface area contributed by atoms with Crippen molar-refractivity contribution in [3.8, 4) is 5.75 Å². The lowest BCUT2D eigenvalue weighted by molar-refractivity contribution is -0.120. The summed E-state index contributed by atoms with van der Waals surface area (Å²) in [6.45, 7) is 2.27. The van der Waals surface area contributed by atoms with Crippen LogP contribution in [0.5, 0.6) is 5.75 Å². The molecule has 1 aromatic carbocycles. The van der Waals surface area contributed by atoms with E-state index < -0.39 is 6.03 Å². The molecule has 0 fully saturated rings. The second kappa shape index (κ2) is 18.7. The van der Waals surface area contributed by atoms with Crippen molar-refractivity contribution in [2.75, 3.05) is 12.4 Å². The first-order valence-corrected chi connectivity index (χ1v) is 12.4. The number of hydrogen-bond acceptors (Lipinski definition) is 3. The molecule has 0 spiro atoms. The highest BCUT2D eigenvalue weighted by Gasteiger charge is 2.10. The van der Waals surface area contributed by atoms with E-state index in [0.717, 1.165) is 19.3 Å². The third kappa shape index (κ3) is 14.6. The van der Waals surface area contributed by atoms with Gasteiger partial charge in [-0.1, -0.05) is 109 Å². The first kappa shape index (κ1) is 27.0. The fourth-order valence-corrected chi connectivity index (χ4v) is 3.75. The summed E-state index contributed by atoms with van der Waals surface area (Å²) in [6, 6.07) is 6.60. The van der Waals surface area contributed by atoms with E-state index >= 15 is 0 Å². The molecule has 0 saturated carbocycles. The monoisotopic (exact) mass is 432 g/mol. The molecule has 3 amide bonds. The molecule has 0 aliphatic carbocycles. The Balaban J connectivity index is 1.92. The minimum absolute atomic E-state index is 0.234. The average molecular weight is 433 g/mol. The van der Waals surface area contributed by atoms with E-state index in [9.17, 15) is 9.59 Å². The average Bonchev–Trinajstić information content (AvgIpc) is 2.76. The van der Waals surface area contributed by atoms with Crippen molar-refractivity contribution in [3.63, 3.8) is 0 Å². The number of anilines is 1. The topological polar surface area (TPSA) is 67.4 Å². The molecule has 0 radical (unpaired) electrons. The number of carbonyl (C=O) groups is 2. The second-order valence-corrected chi connectivity index (χ2v) is 8.40. The number of ether oxygens (including phenoxy) is 1. The van der Waals surface area contributed by atoms with Crippen molar-refractivity contribution >= 4 is 17.6 Å². The maximum atomic E-state index is 12.0. The second-order valence-electron chi connectivity index (χ2n) is 8.40. The molecule has 0 aliphatic heterocycles. The zero-order valence-corrected chi connectivity index (χ0v) is 19.8. The van der Waals surface area contributed by atoms with Crippen molar-refractivity contribution in [2.45, 2.75) is 110 Å². The molecule has 176 valence electrons. The molecule has 0 heterocycles. The van der Waals surface area contributed by atoms with Gasteiger partial charge in [-0.25, -0.2) is 4.79 Å². The van der Waals surface area contributed by atoms with Gasteiger partial charge in [0.2, 0.25) is 5.91 Å². The molecule has 1 aromatic rings. The summed E-state index contributed by atoms with van der Waals surface area (Å²) in [4.78, 5) is 23.9. The van der Waals surface area contributed by atoms with Crippen molar-refractivity contribution in [1.82, 2.24) is 5.32 Å². The molecule has 0 atom stereocenters.